The first-order valence-corrected chi connectivity index (χ1v) is 6.79. The van der Waals surface area contributed by atoms with Gasteiger partial charge in [-0.05, 0) is 18.6 Å². The molecule has 22 heavy (non-hydrogen) atoms. The first-order valence-electron chi connectivity index (χ1n) is 6.79. The van der Waals surface area contributed by atoms with E-state index >= 15 is 0 Å². The van der Waals surface area contributed by atoms with E-state index in [4.69, 9.17) is 0 Å². The maximum absolute atomic E-state index is 12.2. The van der Waals surface area contributed by atoms with Crippen LogP contribution in [0.5, 0.6) is 0 Å². The van der Waals surface area contributed by atoms with E-state index < -0.39 is 4.92 Å². The lowest BCUT2D eigenvalue weighted by Gasteiger charge is -2.18. The van der Waals surface area contributed by atoms with Crippen molar-refractivity contribution < 1.29 is 9.72 Å². The zero-order valence-corrected chi connectivity index (χ0v) is 12.4. The quantitative estimate of drug-likeness (QED) is 0.692. The highest BCUT2D eigenvalue weighted by atomic mass is 16.6. The normalized spacial score (nSPS) is 10.1. The van der Waals surface area contributed by atoms with Crippen molar-refractivity contribution in [3.8, 4) is 0 Å². The van der Waals surface area contributed by atoms with Crippen LogP contribution in [0.3, 0.4) is 0 Å². The van der Waals surface area contributed by atoms with E-state index in [0.717, 1.165) is 5.56 Å². The number of hydrogen-bond donors (Lipinski definition) is 1. The fourth-order valence-corrected chi connectivity index (χ4v) is 2.10. The Morgan fingerprint density at radius 1 is 1.18 bits per heavy atom. The number of benzene rings is 2. The number of nitrogens with one attached hydrogen (secondary N) is 1. The van der Waals surface area contributed by atoms with Gasteiger partial charge in [-0.15, -0.1) is 0 Å². The van der Waals surface area contributed by atoms with Crippen LogP contribution in [-0.2, 0) is 6.54 Å². The predicted molar refractivity (Wildman–Crippen MR) is 84.8 cm³/mol. The van der Waals surface area contributed by atoms with Gasteiger partial charge in [-0.1, -0.05) is 36.4 Å². The molecule has 0 atom stereocenters. The third kappa shape index (κ3) is 3.60. The molecule has 0 aliphatic rings. The van der Waals surface area contributed by atoms with Gasteiger partial charge < -0.3 is 10.2 Å². The summed E-state index contributed by atoms with van der Waals surface area (Å²) in [4.78, 5) is 24.2. The number of nitro benzene ring substituents is 1. The van der Waals surface area contributed by atoms with Crippen LogP contribution in [0.4, 0.5) is 16.2 Å². The van der Waals surface area contributed by atoms with E-state index in [-0.39, 0.29) is 11.7 Å². The van der Waals surface area contributed by atoms with Crippen LogP contribution < -0.4 is 5.32 Å². The molecule has 6 heteroatoms. The summed E-state index contributed by atoms with van der Waals surface area (Å²) in [5, 5.41) is 13.6. The molecule has 0 saturated carbocycles. The number of nitrogens with zero attached hydrogens (tertiary/aromatic N) is 2. The molecule has 0 bridgehead atoms. The summed E-state index contributed by atoms with van der Waals surface area (Å²) >= 11 is 0. The zero-order chi connectivity index (χ0) is 16.1. The van der Waals surface area contributed by atoms with Gasteiger partial charge in [0.15, 0.2) is 0 Å². The molecule has 2 aromatic carbocycles. The number of carbonyl (C=O) groups is 1. The minimum atomic E-state index is -0.460. The maximum atomic E-state index is 12.2. The monoisotopic (exact) mass is 299 g/mol. The number of hydrogen-bond acceptors (Lipinski definition) is 3. The Balaban J connectivity index is 2.09. The molecule has 6 nitrogen and oxygen atoms in total. The van der Waals surface area contributed by atoms with Crippen molar-refractivity contribution in [1.29, 1.82) is 0 Å². The average Bonchev–Trinajstić information content (AvgIpc) is 2.50. The van der Waals surface area contributed by atoms with Gasteiger partial charge in [0.1, 0.15) is 0 Å². The highest BCUT2D eigenvalue weighted by Gasteiger charge is 2.16. The van der Waals surface area contributed by atoms with Crippen LogP contribution in [0, 0.1) is 17.0 Å². The van der Waals surface area contributed by atoms with E-state index in [2.05, 4.69) is 5.32 Å². The number of carbonyl (C=O) groups excluding carboxylic acids is 1. The summed E-state index contributed by atoms with van der Waals surface area (Å²) in [7, 11) is 1.68. The second-order valence-electron chi connectivity index (χ2n) is 4.98. The number of rotatable bonds is 4. The number of anilines is 1. The van der Waals surface area contributed by atoms with Crippen molar-refractivity contribution in [2.45, 2.75) is 13.5 Å². The van der Waals surface area contributed by atoms with Crippen molar-refractivity contribution >= 4 is 17.4 Å². The Morgan fingerprint density at radius 3 is 2.50 bits per heavy atom. The topological polar surface area (TPSA) is 75.5 Å². The van der Waals surface area contributed by atoms with Crippen LogP contribution in [0.25, 0.3) is 0 Å². The molecule has 0 fully saturated rings. The van der Waals surface area contributed by atoms with E-state index in [0.29, 0.717) is 17.8 Å². The molecule has 2 amide bonds. The van der Waals surface area contributed by atoms with Gasteiger partial charge in [0.2, 0.25) is 0 Å². The molecule has 0 aliphatic heterocycles. The lowest BCUT2D eigenvalue weighted by Crippen LogP contribution is -2.31. The molecule has 0 heterocycles. The van der Waals surface area contributed by atoms with Crippen LogP contribution in [0.1, 0.15) is 11.1 Å². The van der Waals surface area contributed by atoms with Gasteiger partial charge in [0.05, 0.1) is 16.2 Å². The molecule has 0 aromatic heterocycles. The molecule has 0 radical (unpaired) electrons. The molecule has 2 aromatic rings. The maximum Gasteiger partial charge on any atom is 0.321 e. The first kappa shape index (κ1) is 15.5. The SMILES string of the molecule is Cc1c(NC(=O)N(C)Cc2ccccc2)cccc1[N+](=O)[O-]. The van der Waals surface area contributed by atoms with Crippen molar-refractivity contribution in [3.05, 3.63) is 69.8 Å². The van der Waals surface area contributed by atoms with Crippen molar-refractivity contribution in [2.75, 3.05) is 12.4 Å². The third-order valence-electron chi connectivity index (χ3n) is 3.35. The number of amides is 2. The zero-order valence-electron chi connectivity index (χ0n) is 12.4. The van der Waals surface area contributed by atoms with Crippen LogP contribution in [0.15, 0.2) is 48.5 Å². The highest BCUT2D eigenvalue weighted by Crippen LogP contribution is 2.25. The van der Waals surface area contributed by atoms with Gasteiger partial charge in [0.25, 0.3) is 5.69 Å². The molecule has 0 aliphatic carbocycles. The van der Waals surface area contributed by atoms with Gasteiger partial charge in [-0.3, -0.25) is 10.1 Å². The highest BCUT2D eigenvalue weighted by molar-refractivity contribution is 5.90. The molecule has 2 rings (SSSR count). The molecule has 1 N–H and O–H groups in total. The Morgan fingerprint density at radius 2 is 1.86 bits per heavy atom. The van der Waals surface area contributed by atoms with Gasteiger partial charge >= 0.3 is 6.03 Å². The smallest absolute Gasteiger partial charge is 0.321 e. The summed E-state index contributed by atoms with van der Waals surface area (Å²) in [6, 6.07) is 13.9. The fourth-order valence-electron chi connectivity index (χ4n) is 2.10. The summed E-state index contributed by atoms with van der Waals surface area (Å²) in [5.74, 6) is 0. The van der Waals surface area contributed by atoms with Crippen molar-refractivity contribution in [1.82, 2.24) is 4.90 Å². The van der Waals surface area contributed by atoms with Gasteiger partial charge in [-0.25, -0.2) is 4.79 Å². The Kier molecular flexibility index (Phi) is 4.73. The van der Waals surface area contributed by atoms with Crippen LogP contribution in [-0.4, -0.2) is 22.9 Å². The first-order chi connectivity index (χ1) is 10.5. The Hall–Kier alpha value is -2.89. The number of urea groups is 1. The molecule has 114 valence electrons. The van der Waals surface area contributed by atoms with Crippen LogP contribution >= 0.6 is 0 Å². The summed E-state index contributed by atoms with van der Waals surface area (Å²) in [6.07, 6.45) is 0. The van der Waals surface area contributed by atoms with E-state index in [1.54, 1.807) is 26.1 Å². The standard InChI is InChI=1S/C16H17N3O3/c1-12-14(9-6-10-15(12)19(21)22)17-16(20)18(2)11-13-7-4-3-5-8-13/h3-10H,11H2,1-2H3,(H,17,20). The predicted octanol–water partition coefficient (Wildman–Crippen LogP) is 3.57. The average molecular weight is 299 g/mol. The van der Waals surface area contributed by atoms with Gasteiger partial charge in [0, 0.05) is 19.7 Å². The van der Waals surface area contributed by atoms with Crippen molar-refractivity contribution in [3.63, 3.8) is 0 Å². The third-order valence-corrected chi connectivity index (χ3v) is 3.35. The second kappa shape index (κ2) is 6.71. The molecular weight excluding hydrogens is 282 g/mol. The molecular formula is C16H17N3O3. The summed E-state index contributed by atoms with van der Waals surface area (Å²) in [6.45, 7) is 2.07. The second-order valence-corrected chi connectivity index (χ2v) is 4.98. The van der Waals surface area contributed by atoms with E-state index in [1.807, 2.05) is 30.3 Å². The lowest BCUT2D eigenvalue weighted by molar-refractivity contribution is -0.385. The minimum Gasteiger partial charge on any atom is -0.323 e. The summed E-state index contributed by atoms with van der Waals surface area (Å²) in [5.41, 5.74) is 1.88. The minimum absolute atomic E-state index is 0.0106. The number of nitro groups is 1. The van der Waals surface area contributed by atoms with E-state index in [1.165, 1.54) is 11.0 Å². The molecule has 0 spiro atoms. The van der Waals surface area contributed by atoms with Gasteiger partial charge in [-0.2, -0.15) is 0 Å². The summed E-state index contributed by atoms with van der Waals surface area (Å²) < 4.78 is 0. The fraction of sp³-hybridized carbons (Fsp3) is 0.188. The van der Waals surface area contributed by atoms with E-state index in [9.17, 15) is 14.9 Å². The Labute approximate surface area is 128 Å². The Bertz CT molecular complexity index is 686. The van der Waals surface area contributed by atoms with Crippen LogP contribution in [0.2, 0.25) is 0 Å². The molecule has 0 unspecified atom stereocenters. The lowest BCUT2D eigenvalue weighted by atomic mass is 10.1. The molecule has 0 saturated heterocycles. The largest absolute Gasteiger partial charge is 0.323 e. The van der Waals surface area contributed by atoms with Crippen molar-refractivity contribution in [2.24, 2.45) is 0 Å².